The zero-order valence-corrected chi connectivity index (χ0v) is 27.4. The summed E-state index contributed by atoms with van der Waals surface area (Å²) in [5, 5.41) is 20.3. The first-order valence-corrected chi connectivity index (χ1v) is 17.1. The number of anilines is 2. The summed E-state index contributed by atoms with van der Waals surface area (Å²) in [6.45, 7) is 4.58. The number of fused-ring (bicyclic) bond motifs is 1. The van der Waals surface area contributed by atoms with Crippen LogP contribution in [-0.4, -0.2) is 68.7 Å². The molecule has 1 saturated heterocycles. The third kappa shape index (κ3) is 8.07. The fourth-order valence-corrected chi connectivity index (χ4v) is 6.87. The van der Waals surface area contributed by atoms with Crippen LogP contribution in [0.4, 0.5) is 15.9 Å². The molecule has 1 saturated carbocycles. The number of hydrogen-bond acceptors (Lipinski definition) is 8. The number of aromatic nitrogens is 3. The molecular weight excluding hydrogens is 621 g/mol. The van der Waals surface area contributed by atoms with Crippen molar-refractivity contribution in [2.75, 3.05) is 31.6 Å². The lowest BCUT2D eigenvalue weighted by Crippen LogP contribution is -2.42. The fourth-order valence-electron chi connectivity index (χ4n) is 6.87. The molecule has 254 valence electrons. The van der Waals surface area contributed by atoms with Gasteiger partial charge in [0.05, 0.1) is 36.6 Å². The van der Waals surface area contributed by atoms with Crippen molar-refractivity contribution in [2.45, 2.75) is 57.3 Å². The molecule has 1 aliphatic carbocycles. The van der Waals surface area contributed by atoms with Crippen LogP contribution in [0.3, 0.4) is 0 Å². The Morgan fingerprint density at radius 1 is 0.939 bits per heavy atom. The van der Waals surface area contributed by atoms with E-state index in [1.54, 1.807) is 6.07 Å². The van der Waals surface area contributed by atoms with Crippen LogP contribution < -0.4 is 16.0 Å². The monoisotopic (exact) mass is 663 g/mol. The number of rotatable bonds is 10. The van der Waals surface area contributed by atoms with Gasteiger partial charge in [0, 0.05) is 50.2 Å². The van der Waals surface area contributed by atoms with Gasteiger partial charge in [0.1, 0.15) is 23.2 Å². The number of carbonyl (C=O) groups excluding carboxylic acids is 1. The van der Waals surface area contributed by atoms with E-state index >= 15 is 0 Å². The first-order valence-electron chi connectivity index (χ1n) is 17.1. The summed E-state index contributed by atoms with van der Waals surface area (Å²) in [5.41, 5.74) is 4.90. The number of halogens is 1. The molecule has 4 heterocycles. The van der Waals surface area contributed by atoms with E-state index in [0.717, 1.165) is 86.0 Å². The van der Waals surface area contributed by atoms with Crippen LogP contribution in [0.5, 0.6) is 5.75 Å². The van der Waals surface area contributed by atoms with Gasteiger partial charge in [-0.3, -0.25) is 9.69 Å². The summed E-state index contributed by atoms with van der Waals surface area (Å²) in [5.74, 6) is 0.554. The average molecular weight is 664 g/mol. The second-order valence-electron chi connectivity index (χ2n) is 12.9. The van der Waals surface area contributed by atoms with Crippen molar-refractivity contribution in [1.82, 2.24) is 29.9 Å². The molecule has 11 heteroatoms. The number of carbonyl (C=O) groups is 1. The van der Waals surface area contributed by atoms with Gasteiger partial charge < -0.3 is 30.2 Å². The number of amides is 1. The number of phenolic OH excluding ortho intramolecular Hbond substituents is 1. The van der Waals surface area contributed by atoms with Gasteiger partial charge >= 0.3 is 0 Å². The highest BCUT2D eigenvalue weighted by Gasteiger charge is 2.25. The number of imidazole rings is 1. The Morgan fingerprint density at radius 3 is 2.71 bits per heavy atom. The molecule has 4 N–H and O–H groups in total. The number of nitrogens with zero attached hydrogens (tertiary/aromatic N) is 4. The number of benzene rings is 2. The van der Waals surface area contributed by atoms with Crippen molar-refractivity contribution >= 4 is 22.9 Å². The highest BCUT2D eigenvalue weighted by atomic mass is 19.1. The lowest BCUT2D eigenvalue weighted by atomic mass is 9.91. The molecule has 0 spiro atoms. The van der Waals surface area contributed by atoms with Gasteiger partial charge in [-0.2, -0.15) is 0 Å². The quantitative estimate of drug-likeness (QED) is 0.143. The van der Waals surface area contributed by atoms with Gasteiger partial charge in [0.15, 0.2) is 0 Å². The van der Waals surface area contributed by atoms with Gasteiger partial charge in [-0.05, 0) is 91.3 Å². The zero-order valence-electron chi connectivity index (χ0n) is 27.4. The molecular formula is C38H42FN7O3. The molecule has 1 amide bonds. The number of pyridine rings is 2. The molecule has 2 fully saturated rings. The molecule has 0 unspecified atom stereocenters. The van der Waals surface area contributed by atoms with Crippen LogP contribution in [0, 0.1) is 5.82 Å². The maximum absolute atomic E-state index is 14.4. The molecule has 0 atom stereocenters. The molecule has 5 aromatic rings. The molecule has 1 aliphatic heterocycles. The number of ether oxygens (including phenoxy) is 1. The molecule has 10 nitrogen and oxygen atoms in total. The normalized spacial score (nSPS) is 18.6. The molecule has 3 aromatic heterocycles. The summed E-state index contributed by atoms with van der Waals surface area (Å²) in [6.07, 6.45) is 9.45. The van der Waals surface area contributed by atoms with Gasteiger partial charge in [-0.15, -0.1) is 0 Å². The first kappa shape index (κ1) is 32.7. The van der Waals surface area contributed by atoms with Crippen LogP contribution in [0.1, 0.15) is 53.8 Å². The summed E-state index contributed by atoms with van der Waals surface area (Å²) < 4.78 is 22.1. The molecule has 49 heavy (non-hydrogen) atoms. The summed E-state index contributed by atoms with van der Waals surface area (Å²) in [7, 11) is 0. The van der Waals surface area contributed by atoms with E-state index in [9.17, 15) is 14.3 Å². The lowest BCUT2D eigenvalue weighted by molar-refractivity contribution is 0.0924. The van der Waals surface area contributed by atoms with Crippen molar-refractivity contribution < 1.29 is 19.0 Å². The van der Waals surface area contributed by atoms with Gasteiger partial charge in [-0.25, -0.2) is 14.4 Å². The van der Waals surface area contributed by atoms with E-state index in [-0.39, 0.29) is 29.1 Å². The van der Waals surface area contributed by atoms with Crippen molar-refractivity contribution in [2.24, 2.45) is 0 Å². The molecule has 7 rings (SSSR count). The third-order valence-electron chi connectivity index (χ3n) is 9.46. The zero-order chi connectivity index (χ0) is 33.6. The minimum Gasteiger partial charge on any atom is -0.508 e. The SMILES string of the molecule is O=C(NC1CCC(NCc2ncc3ccccn23)CC1)c1cc(F)cnc1Nc1cccc(-c2ccc(O)cc2CN2CCCOCC2)c1. The first-order chi connectivity index (χ1) is 24.0. The third-order valence-corrected chi connectivity index (χ3v) is 9.46. The van der Waals surface area contributed by atoms with Crippen molar-refractivity contribution in [3.05, 3.63) is 108 Å². The number of phenols is 1. The van der Waals surface area contributed by atoms with E-state index in [2.05, 4.69) is 35.2 Å². The topological polar surface area (TPSA) is 116 Å². The van der Waals surface area contributed by atoms with E-state index in [0.29, 0.717) is 31.4 Å². The minimum atomic E-state index is -0.573. The summed E-state index contributed by atoms with van der Waals surface area (Å²) in [6, 6.07) is 20.9. The summed E-state index contributed by atoms with van der Waals surface area (Å²) >= 11 is 0. The van der Waals surface area contributed by atoms with E-state index in [1.165, 1.54) is 6.07 Å². The second kappa shape index (κ2) is 15.1. The largest absolute Gasteiger partial charge is 0.508 e. The van der Waals surface area contributed by atoms with Gasteiger partial charge in [0.25, 0.3) is 5.91 Å². The highest BCUT2D eigenvalue weighted by Crippen LogP contribution is 2.31. The Morgan fingerprint density at radius 2 is 1.82 bits per heavy atom. The Labute approximate surface area is 285 Å². The summed E-state index contributed by atoms with van der Waals surface area (Å²) in [4.78, 5) is 24.7. The molecule has 2 aliphatic rings. The highest BCUT2D eigenvalue weighted by molar-refractivity contribution is 5.99. The number of aromatic hydroxyl groups is 1. The van der Waals surface area contributed by atoms with E-state index < -0.39 is 5.82 Å². The number of nitrogens with one attached hydrogen (secondary N) is 3. The maximum atomic E-state index is 14.4. The van der Waals surface area contributed by atoms with Crippen molar-refractivity contribution in [1.29, 1.82) is 0 Å². The Hall–Kier alpha value is -4.84. The van der Waals surface area contributed by atoms with Crippen LogP contribution >= 0.6 is 0 Å². The molecule has 0 bridgehead atoms. The Kier molecular flexibility index (Phi) is 10.1. The molecule has 2 aromatic carbocycles. The van der Waals surface area contributed by atoms with Gasteiger partial charge in [-0.1, -0.05) is 24.3 Å². The maximum Gasteiger partial charge on any atom is 0.255 e. The van der Waals surface area contributed by atoms with E-state index in [1.807, 2.05) is 67.0 Å². The predicted octanol–water partition coefficient (Wildman–Crippen LogP) is 6.04. The van der Waals surface area contributed by atoms with Gasteiger partial charge in [0.2, 0.25) is 0 Å². The van der Waals surface area contributed by atoms with Crippen LogP contribution in [0.25, 0.3) is 16.6 Å². The Balaban J connectivity index is 0.994. The number of hydrogen-bond donors (Lipinski definition) is 4. The fraction of sp³-hybridized carbons (Fsp3) is 0.342. The smallest absolute Gasteiger partial charge is 0.255 e. The van der Waals surface area contributed by atoms with E-state index in [4.69, 9.17) is 4.74 Å². The Bertz CT molecular complexity index is 1900. The van der Waals surface area contributed by atoms with Crippen molar-refractivity contribution in [3.63, 3.8) is 0 Å². The van der Waals surface area contributed by atoms with Crippen LogP contribution in [0.15, 0.2) is 85.3 Å². The van der Waals surface area contributed by atoms with Crippen LogP contribution in [-0.2, 0) is 17.8 Å². The lowest BCUT2D eigenvalue weighted by Gasteiger charge is -2.30. The minimum absolute atomic E-state index is 0.0130. The van der Waals surface area contributed by atoms with Crippen molar-refractivity contribution in [3.8, 4) is 16.9 Å². The average Bonchev–Trinajstić information content (AvgIpc) is 3.35. The molecule has 0 radical (unpaired) electrons. The van der Waals surface area contributed by atoms with Crippen LogP contribution in [0.2, 0.25) is 0 Å². The second-order valence-corrected chi connectivity index (χ2v) is 12.9. The predicted molar refractivity (Wildman–Crippen MR) is 187 cm³/mol. The standard InChI is InChI=1S/C38H42FN7O3/c39-28-21-35(38(48)44-30-10-8-29(9-11-30)40-24-36-41-23-32-7-1-2-15-46(32)36)37(42-22-28)43-31-6-3-5-26(19-31)34-13-12-33(47)20-27(34)25-45-14-4-17-49-18-16-45/h1-3,5-7,12-13,15,19-23,29-30,40,47H,4,8-11,14,16-18,24-25H2,(H,42,43)(H,44,48).